The van der Waals surface area contributed by atoms with Crippen LogP contribution in [0.5, 0.6) is 0 Å². The largest absolute Gasteiger partial charge is 0.206 e. The fourth-order valence-electron chi connectivity index (χ4n) is 0.832. The highest BCUT2D eigenvalue weighted by Gasteiger charge is 2.00. The molecule has 0 N–H and O–H groups in total. The first-order chi connectivity index (χ1) is 5.75. The van der Waals surface area contributed by atoms with Gasteiger partial charge in [-0.05, 0) is 12.1 Å². The Kier molecular flexibility index (Phi) is 3.76. The normalized spacial score (nSPS) is 10.9. The second-order valence-electron chi connectivity index (χ2n) is 2.19. The van der Waals surface area contributed by atoms with Crippen molar-refractivity contribution in [1.29, 1.82) is 0 Å². The van der Waals surface area contributed by atoms with Crippen LogP contribution in [0.2, 0.25) is 0 Å². The predicted octanol–water partition coefficient (Wildman–Crippen LogP) is 3.84. The molecule has 0 saturated carbocycles. The average molecular weight is 250 g/mol. The molecule has 0 aliphatic carbocycles. The van der Waals surface area contributed by atoms with Crippen LogP contribution in [0.25, 0.3) is 6.08 Å². The molecule has 0 radical (unpaired) electrons. The Balaban J connectivity index is 3.04. The number of hydrogen-bond acceptors (Lipinski definition) is 0. The molecule has 0 aliphatic heterocycles. The van der Waals surface area contributed by atoms with Gasteiger partial charge in [-0.3, -0.25) is 0 Å². The Morgan fingerprint density at radius 3 is 2.83 bits per heavy atom. The predicted molar refractivity (Wildman–Crippen MR) is 53.9 cm³/mol. The summed E-state index contributed by atoms with van der Waals surface area (Å²) in [6.45, 7) is 0. The lowest BCUT2D eigenvalue weighted by atomic mass is 10.2. The SMILES string of the molecule is Fc1cccc(Br)c1C=CCCl. The Labute approximate surface area is 84.2 Å². The standard InChI is InChI=1S/C9H7BrClF/c10-8-4-1-5-9(12)7(8)3-2-6-11/h1-5H,6H2. The van der Waals surface area contributed by atoms with Crippen molar-refractivity contribution in [3.8, 4) is 0 Å². The number of halogens is 3. The summed E-state index contributed by atoms with van der Waals surface area (Å²) in [5.41, 5.74) is 0.540. The van der Waals surface area contributed by atoms with E-state index in [1.165, 1.54) is 6.07 Å². The van der Waals surface area contributed by atoms with Crippen LogP contribution in [0.3, 0.4) is 0 Å². The lowest BCUT2D eigenvalue weighted by Crippen LogP contribution is -1.82. The lowest BCUT2D eigenvalue weighted by molar-refractivity contribution is 0.624. The highest BCUT2D eigenvalue weighted by Crippen LogP contribution is 2.20. The number of alkyl halides is 1. The zero-order valence-corrected chi connectivity index (χ0v) is 8.57. The minimum Gasteiger partial charge on any atom is -0.206 e. The van der Waals surface area contributed by atoms with Crippen LogP contribution in [0.15, 0.2) is 28.7 Å². The Bertz CT molecular complexity index is 276. The van der Waals surface area contributed by atoms with Gasteiger partial charge in [0.05, 0.1) is 0 Å². The van der Waals surface area contributed by atoms with E-state index in [0.29, 0.717) is 11.4 Å². The van der Waals surface area contributed by atoms with E-state index in [0.717, 1.165) is 4.47 Å². The molecule has 0 nitrogen and oxygen atoms in total. The van der Waals surface area contributed by atoms with E-state index in [9.17, 15) is 4.39 Å². The molecule has 0 atom stereocenters. The van der Waals surface area contributed by atoms with Crippen molar-refractivity contribution >= 4 is 33.6 Å². The van der Waals surface area contributed by atoms with Crippen molar-refractivity contribution in [2.45, 2.75) is 0 Å². The van der Waals surface area contributed by atoms with Crippen molar-refractivity contribution < 1.29 is 4.39 Å². The van der Waals surface area contributed by atoms with Crippen LogP contribution in [0.4, 0.5) is 4.39 Å². The van der Waals surface area contributed by atoms with Gasteiger partial charge in [-0.1, -0.05) is 34.1 Å². The van der Waals surface area contributed by atoms with E-state index in [1.54, 1.807) is 24.3 Å². The highest BCUT2D eigenvalue weighted by atomic mass is 79.9. The van der Waals surface area contributed by atoms with Crippen molar-refractivity contribution in [1.82, 2.24) is 0 Å². The van der Waals surface area contributed by atoms with Crippen molar-refractivity contribution in [3.63, 3.8) is 0 Å². The van der Waals surface area contributed by atoms with Crippen molar-refractivity contribution in [2.75, 3.05) is 5.88 Å². The summed E-state index contributed by atoms with van der Waals surface area (Å²) in [4.78, 5) is 0. The minimum absolute atomic E-state index is 0.245. The van der Waals surface area contributed by atoms with Crippen LogP contribution in [0.1, 0.15) is 5.56 Å². The molecule has 12 heavy (non-hydrogen) atoms. The summed E-state index contributed by atoms with van der Waals surface area (Å²) in [6.07, 6.45) is 3.36. The molecule has 0 heterocycles. The van der Waals surface area contributed by atoms with Gasteiger partial charge < -0.3 is 0 Å². The molecule has 0 unspecified atom stereocenters. The van der Waals surface area contributed by atoms with Crippen LogP contribution in [-0.2, 0) is 0 Å². The molecule has 1 aromatic rings. The summed E-state index contributed by atoms with van der Waals surface area (Å²) >= 11 is 8.67. The molecule has 1 aromatic carbocycles. The summed E-state index contributed by atoms with van der Waals surface area (Å²) in [6, 6.07) is 4.85. The lowest BCUT2D eigenvalue weighted by Gasteiger charge is -1.98. The van der Waals surface area contributed by atoms with Crippen LogP contribution >= 0.6 is 27.5 Å². The fraction of sp³-hybridized carbons (Fsp3) is 0.111. The van der Waals surface area contributed by atoms with Gasteiger partial charge in [0.1, 0.15) is 5.82 Å². The zero-order valence-electron chi connectivity index (χ0n) is 6.23. The number of rotatable bonds is 2. The summed E-state index contributed by atoms with van der Waals surface area (Å²) in [7, 11) is 0. The van der Waals surface area contributed by atoms with Gasteiger partial charge in [0.2, 0.25) is 0 Å². The van der Waals surface area contributed by atoms with Crippen LogP contribution < -0.4 is 0 Å². The molecule has 3 heteroatoms. The van der Waals surface area contributed by atoms with Gasteiger partial charge in [0.25, 0.3) is 0 Å². The van der Waals surface area contributed by atoms with Crippen LogP contribution in [-0.4, -0.2) is 5.88 Å². The van der Waals surface area contributed by atoms with Crippen LogP contribution in [0, 0.1) is 5.82 Å². The van der Waals surface area contributed by atoms with Crippen molar-refractivity contribution in [3.05, 3.63) is 40.1 Å². The molecule has 0 aliphatic rings. The first-order valence-electron chi connectivity index (χ1n) is 3.42. The average Bonchev–Trinajstić information content (AvgIpc) is 2.04. The highest BCUT2D eigenvalue weighted by molar-refractivity contribution is 9.10. The molecule has 0 fully saturated rings. The molecular formula is C9H7BrClF. The maximum Gasteiger partial charge on any atom is 0.131 e. The second-order valence-corrected chi connectivity index (χ2v) is 3.35. The molecule has 0 amide bonds. The van der Waals surface area contributed by atoms with E-state index in [-0.39, 0.29) is 5.82 Å². The van der Waals surface area contributed by atoms with E-state index in [2.05, 4.69) is 15.9 Å². The van der Waals surface area contributed by atoms with Crippen molar-refractivity contribution in [2.24, 2.45) is 0 Å². The van der Waals surface area contributed by atoms with E-state index < -0.39 is 0 Å². The molecule has 0 saturated heterocycles. The van der Waals surface area contributed by atoms with Gasteiger partial charge in [-0.15, -0.1) is 11.6 Å². The fourth-order valence-corrected chi connectivity index (χ4v) is 1.40. The molecule has 0 aromatic heterocycles. The summed E-state index contributed by atoms with van der Waals surface area (Å²) < 4.78 is 13.8. The molecule has 1 rings (SSSR count). The topological polar surface area (TPSA) is 0 Å². The number of allylic oxidation sites excluding steroid dienone is 1. The quantitative estimate of drug-likeness (QED) is 0.699. The smallest absolute Gasteiger partial charge is 0.131 e. The second kappa shape index (κ2) is 4.63. The maximum atomic E-state index is 13.0. The third kappa shape index (κ3) is 2.32. The molecule has 0 bridgehead atoms. The molecule has 0 spiro atoms. The Morgan fingerprint density at radius 2 is 2.25 bits per heavy atom. The zero-order chi connectivity index (χ0) is 8.97. The minimum atomic E-state index is -0.245. The van der Waals surface area contributed by atoms with Gasteiger partial charge in [0.15, 0.2) is 0 Å². The molecular weight excluding hydrogens is 242 g/mol. The number of benzene rings is 1. The maximum absolute atomic E-state index is 13.0. The first-order valence-corrected chi connectivity index (χ1v) is 4.75. The van der Waals surface area contributed by atoms with Gasteiger partial charge in [0, 0.05) is 15.9 Å². The van der Waals surface area contributed by atoms with E-state index >= 15 is 0 Å². The van der Waals surface area contributed by atoms with Gasteiger partial charge >= 0.3 is 0 Å². The Hall–Kier alpha value is -0.340. The summed E-state index contributed by atoms with van der Waals surface area (Å²) in [5.74, 6) is 0.145. The van der Waals surface area contributed by atoms with Gasteiger partial charge in [-0.2, -0.15) is 0 Å². The number of hydrogen-bond donors (Lipinski definition) is 0. The first kappa shape index (κ1) is 9.75. The molecule has 64 valence electrons. The van der Waals surface area contributed by atoms with Gasteiger partial charge in [-0.25, -0.2) is 4.39 Å². The van der Waals surface area contributed by atoms with E-state index in [4.69, 9.17) is 11.6 Å². The third-order valence-corrected chi connectivity index (χ3v) is 2.24. The Morgan fingerprint density at radius 1 is 1.50 bits per heavy atom. The van der Waals surface area contributed by atoms with E-state index in [1.807, 2.05) is 0 Å². The monoisotopic (exact) mass is 248 g/mol. The summed E-state index contributed by atoms with van der Waals surface area (Å²) in [5, 5.41) is 0. The third-order valence-electron chi connectivity index (χ3n) is 1.37.